The van der Waals surface area contributed by atoms with Gasteiger partial charge in [0.25, 0.3) is 0 Å². The van der Waals surface area contributed by atoms with Crippen LogP contribution in [0.2, 0.25) is 0 Å². The van der Waals surface area contributed by atoms with Gasteiger partial charge >= 0.3 is 5.91 Å². The fraction of sp³-hybridized carbons (Fsp3) is 0.727. The summed E-state index contributed by atoms with van der Waals surface area (Å²) in [4.78, 5) is 13.7. The molecule has 104 valence electrons. The van der Waals surface area contributed by atoms with E-state index in [1.165, 1.54) is 6.08 Å². The molecule has 18 heavy (non-hydrogen) atoms. The minimum absolute atomic E-state index is 0.0109. The van der Waals surface area contributed by atoms with Crippen LogP contribution in [0.1, 0.15) is 6.42 Å². The van der Waals surface area contributed by atoms with E-state index in [9.17, 15) is 17.8 Å². The Morgan fingerprint density at radius 1 is 1.44 bits per heavy atom. The van der Waals surface area contributed by atoms with E-state index < -0.39 is 10.1 Å². The maximum Gasteiger partial charge on any atom is 0.337 e. The molecular weight excluding hydrogens is 256 g/mol. The molecule has 1 aliphatic heterocycles. The number of nitrogens with zero attached hydrogens (tertiary/aromatic N) is 2. The molecule has 0 unspecified atom stereocenters. The summed E-state index contributed by atoms with van der Waals surface area (Å²) in [6.07, 6.45) is 1.70. The zero-order valence-corrected chi connectivity index (χ0v) is 11.5. The molecule has 0 saturated carbocycles. The van der Waals surface area contributed by atoms with Gasteiger partial charge in [-0.1, -0.05) is 6.58 Å². The van der Waals surface area contributed by atoms with Crippen molar-refractivity contribution >= 4 is 16.0 Å². The average molecular weight is 276 g/mol. The Morgan fingerprint density at radius 2 is 2.00 bits per heavy atom. The van der Waals surface area contributed by atoms with E-state index in [0.29, 0.717) is 30.5 Å². The van der Waals surface area contributed by atoms with Gasteiger partial charge in [-0.05, 0) is 13.0 Å². The van der Waals surface area contributed by atoms with Crippen molar-refractivity contribution in [2.24, 2.45) is 0 Å². The van der Waals surface area contributed by atoms with Gasteiger partial charge in [0.15, 0.2) is 0 Å². The van der Waals surface area contributed by atoms with Crippen molar-refractivity contribution < 1.29 is 22.2 Å². The van der Waals surface area contributed by atoms with E-state index in [0.717, 1.165) is 13.1 Å². The molecule has 6 nitrogen and oxygen atoms in total. The molecular formula is C11H20N2O4S. The Hall–Kier alpha value is -0.760. The van der Waals surface area contributed by atoms with Crippen LogP contribution < -0.4 is 0 Å². The van der Waals surface area contributed by atoms with Crippen molar-refractivity contribution in [1.82, 2.24) is 4.90 Å². The lowest BCUT2D eigenvalue weighted by molar-refractivity contribution is -0.837. The van der Waals surface area contributed by atoms with Crippen LogP contribution in [0.15, 0.2) is 12.7 Å². The summed E-state index contributed by atoms with van der Waals surface area (Å²) >= 11 is 0. The van der Waals surface area contributed by atoms with E-state index in [1.54, 1.807) is 0 Å². The predicted octanol–water partition coefficient (Wildman–Crippen LogP) is -0.603. The summed E-state index contributed by atoms with van der Waals surface area (Å²) in [5, 5.41) is 0. The van der Waals surface area contributed by atoms with Gasteiger partial charge in [-0.15, -0.1) is 0 Å². The third-order valence-corrected chi connectivity index (χ3v) is 4.18. The molecule has 0 bridgehead atoms. The summed E-state index contributed by atoms with van der Waals surface area (Å²) in [5.41, 5.74) is 0. The first-order valence-corrected chi connectivity index (χ1v) is 7.52. The van der Waals surface area contributed by atoms with Crippen LogP contribution in [-0.4, -0.2) is 73.8 Å². The van der Waals surface area contributed by atoms with Gasteiger partial charge in [-0.2, -0.15) is 0 Å². The van der Waals surface area contributed by atoms with Gasteiger partial charge < -0.3 is 4.55 Å². The van der Waals surface area contributed by atoms with E-state index >= 15 is 0 Å². The van der Waals surface area contributed by atoms with Crippen LogP contribution in [-0.2, 0) is 14.9 Å². The van der Waals surface area contributed by atoms with Crippen molar-refractivity contribution in [2.75, 3.05) is 45.5 Å². The maximum absolute atomic E-state index is 11.7. The molecule has 7 heteroatoms. The standard InChI is InChI=1S/C11H20N2O4S/c1-3-11(14)13(2)8-6-12(7-9-13)5-4-10-18(15,16)17/h3H,1,4-10H2,2H3. The number of carbonyl (C=O) groups is 1. The molecule has 0 aromatic heterocycles. The number of hydrogen-bond donors (Lipinski definition) is 0. The van der Waals surface area contributed by atoms with Gasteiger partial charge in [0.05, 0.1) is 30.3 Å². The number of rotatable bonds is 5. The van der Waals surface area contributed by atoms with Crippen LogP contribution >= 0.6 is 0 Å². The highest BCUT2D eigenvalue weighted by Gasteiger charge is 2.33. The summed E-state index contributed by atoms with van der Waals surface area (Å²) in [7, 11) is -2.23. The number of amides is 1. The molecule has 1 amide bonds. The number of carbonyl (C=O) groups excluding carboxylic acids is 1. The number of hydrogen-bond acceptors (Lipinski definition) is 5. The molecule has 0 aliphatic carbocycles. The second kappa shape index (κ2) is 5.92. The third-order valence-electron chi connectivity index (χ3n) is 3.39. The predicted molar refractivity (Wildman–Crippen MR) is 66.7 cm³/mol. The monoisotopic (exact) mass is 276 g/mol. The Morgan fingerprint density at radius 3 is 2.44 bits per heavy atom. The molecule has 1 rings (SSSR count). The first kappa shape index (κ1) is 15.3. The first-order chi connectivity index (χ1) is 8.27. The SMILES string of the molecule is C=CC(=O)[N+]1(C)CCN(CCCS(=O)(=O)[O-])CC1. The summed E-state index contributed by atoms with van der Waals surface area (Å²) < 4.78 is 31.8. The zero-order chi connectivity index (χ0) is 13.8. The minimum atomic E-state index is -4.11. The van der Waals surface area contributed by atoms with Gasteiger partial charge in [0.1, 0.15) is 0 Å². The maximum atomic E-state index is 11.7. The fourth-order valence-corrected chi connectivity index (χ4v) is 2.56. The molecule has 0 N–H and O–H groups in total. The van der Waals surface area contributed by atoms with Crippen molar-refractivity contribution in [2.45, 2.75) is 6.42 Å². The van der Waals surface area contributed by atoms with Crippen LogP contribution in [0.25, 0.3) is 0 Å². The van der Waals surface area contributed by atoms with Gasteiger partial charge in [-0.25, -0.2) is 13.2 Å². The zero-order valence-electron chi connectivity index (χ0n) is 10.7. The summed E-state index contributed by atoms with van der Waals surface area (Å²) in [6, 6.07) is 0. The minimum Gasteiger partial charge on any atom is -0.748 e. The average Bonchev–Trinajstić information content (AvgIpc) is 2.29. The molecule has 1 aliphatic rings. The van der Waals surface area contributed by atoms with Crippen molar-refractivity contribution in [1.29, 1.82) is 0 Å². The van der Waals surface area contributed by atoms with Crippen LogP contribution in [0.5, 0.6) is 0 Å². The van der Waals surface area contributed by atoms with Crippen LogP contribution in [0.4, 0.5) is 0 Å². The lowest BCUT2D eigenvalue weighted by Gasteiger charge is -2.39. The smallest absolute Gasteiger partial charge is 0.337 e. The van der Waals surface area contributed by atoms with Crippen molar-refractivity contribution in [3.8, 4) is 0 Å². The first-order valence-electron chi connectivity index (χ1n) is 5.94. The molecule has 0 spiro atoms. The largest absolute Gasteiger partial charge is 0.748 e. The second-order valence-corrected chi connectivity index (χ2v) is 6.37. The molecule has 1 heterocycles. The Bertz CT molecular complexity index is 411. The van der Waals surface area contributed by atoms with Crippen molar-refractivity contribution in [3.63, 3.8) is 0 Å². The number of likely N-dealkylation sites (N-methyl/N-ethyl adjacent to an activating group) is 1. The highest BCUT2D eigenvalue weighted by atomic mass is 32.2. The highest BCUT2D eigenvalue weighted by Crippen LogP contribution is 2.11. The fourth-order valence-electron chi connectivity index (χ4n) is 2.08. The Balaban J connectivity index is 2.36. The van der Waals surface area contributed by atoms with E-state index in [-0.39, 0.29) is 11.7 Å². The summed E-state index contributed by atoms with van der Waals surface area (Å²) in [6.45, 7) is 6.92. The topological polar surface area (TPSA) is 77.5 Å². The van der Waals surface area contributed by atoms with Gasteiger partial charge in [0, 0.05) is 24.9 Å². The second-order valence-electron chi connectivity index (χ2n) is 4.84. The van der Waals surface area contributed by atoms with E-state index in [2.05, 4.69) is 11.5 Å². The van der Waals surface area contributed by atoms with E-state index in [4.69, 9.17) is 0 Å². The lowest BCUT2D eigenvalue weighted by Crippen LogP contribution is -2.59. The van der Waals surface area contributed by atoms with Crippen LogP contribution in [0.3, 0.4) is 0 Å². The lowest BCUT2D eigenvalue weighted by atomic mass is 10.2. The molecule has 1 saturated heterocycles. The third kappa shape index (κ3) is 4.49. The Labute approximate surface area is 108 Å². The van der Waals surface area contributed by atoms with E-state index in [1.807, 2.05) is 7.05 Å². The van der Waals surface area contributed by atoms with Crippen LogP contribution in [0, 0.1) is 0 Å². The summed E-state index contributed by atoms with van der Waals surface area (Å²) in [5.74, 6) is -0.307. The molecule has 0 radical (unpaired) electrons. The molecule has 0 aromatic rings. The normalized spacial score (nSPS) is 20.6. The Kier molecular flexibility index (Phi) is 5.03. The highest BCUT2D eigenvalue weighted by molar-refractivity contribution is 7.85. The molecule has 0 aromatic carbocycles. The van der Waals surface area contributed by atoms with Gasteiger partial charge in [0.2, 0.25) is 0 Å². The van der Waals surface area contributed by atoms with Crippen molar-refractivity contribution in [3.05, 3.63) is 12.7 Å². The van der Waals surface area contributed by atoms with Gasteiger partial charge in [-0.3, -0.25) is 9.38 Å². The number of quaternary nitrogens is 1. The molecule has 1 fully saturated rings. The molecule has 0 atom stereocenters. The number of piperazine rings is 1. The quantitative estimate of drug-likeness (QED) is 0.380.